The van der Waals surface area contributed by atoms with Crippen LogP contribution in [0.25, 0.3) is 6.08 Å². The highest BCUT2D eigenvalue weighted by atomic mass is 19.1. The number of ether oxygens (including phenoxy) is 2. The van der Waals surface area contributed by atoms with Gasteiger partial charge < -0.3 is 14.4 Å². The monoisotopic (exact) mass is 539 g/mol. The summed E-state index contributed by atoms with van der Waals surface area (Å²) in [6, 6.07) is 14.8. The normalized spacial score (nSPS) is 22.2. The van der Waals surface area contributed by atoms with Crippen LogP contribution in [0, 0.1) is 16.6 Å². The Balaban J connectivity index is 1.70. The van der Waals surface area contributed by atoms with Gasteiger partial charge in [0.25, 0.3) is 0 Å². The molecular weight excluding hydrogens is 509 g/mol. The van der Waals surface area contributed by atoms with E-state index in [2.05, 4.69) is 0 Å². The maximum absolute atomic E-state index is 14.6. The predicted octanol–water partition coefficient (Wildman–Crippen LogP) is 5.89. The Bertz CT molecular complexity index is 1580. The van der Waals surface area contributed by atoms with E-state index in [9.17, 15) is 18.8 Å². The molecule has 0 radical (unpaired) electrons. The first kappa shape index (κ1) is 26.0. The third-order valence-electron chi connectivity index (χ3n) is 8.54. The highest BCUT2D eigenvalue weighted by molar-refractivity contribution is 6.32. The van der Waals surface area contributed by atoms with Gasteiger partial charge in [0.2, 0.25) is 0 Å². The summed E-state index contributed by atoms with van der Waals surface area (Å²) >= 11 is 0. The molecule has 0 saturated carbocycles. The second-order valence-electron chi connectivity index (χ2n) is 11.6. The summed E-state index contributed by atoms with van der Waals surface area (Å²) in [4.78, 5) is 45.6. The van der Waals surface area contributed by atoms with E-state index in [1.807, 2.05) is 25.7 Å². The summed E-state index contributed by atoms with van der Waals surface area (Å²) in [5.41, 5.74) is 0.0598. The van der Waals surface area contributed by atoms with Gasteiger partial charge in [0.1, 0.15) is 11.2 Å². The minimum atomic E-state index is -1.63. The Morgan fingerprint density at radius 1 is 0.900 bits per heavy atom. The van der Waals surface area contributed by atoms with Crippen LogP contribution in [-0.2, 0) is 4.79 Å². The molecule has 1 aliphatic carbocycles. The number of anilines is 1. The lowest BCUT2D eigenvalue weighted by atomic mass is 9.63. The second kappa shape index (κ2) is 8.88. The minimum absolute atomic E-state index is 0.128. The molecule has 2 heterocycles. The number of rotatable bonds is 4. The zero-order chi connectivity index (χ0) is 28.6. The van der Waals surface area contributed by atoms with Crippen molar-refractivity contribution in [1.82, 2.24) is 0 Å². The number of methoxy groups -OCH3 is 2. The van der Waals surface area contributed by atoms with Crippen molar-refractivity contribution in [3.63, 3.8) is 0 Å². The molecule has 0 aromatic heterocycles. The number of fused-ring (bicyclic) bond motifs is 5. The molecule has 0 N–H and O–H groups in total. The molecule has 6 rings (SSSR count). The van der Waals surface area contributed by atoms with Gasteiger partial charge in [-0.3, -0.25) is 14.4 Å². The van der Waals surface area contributed by atoms with Gasteiger partial charge in [-0.15, -0.1) is 0 Å². The van der Waals surface area contributed by atoms with E-state index in [4.69, 9.17) is 9.47 Å². The van der Waals surface area contributed by atoms with Crippen molar-refractivity contribution >= 4 is 29.1 Å². The zero-order valence-electron chi connectivity index (χ0n) is 23.0. The average Bonchev–Trinajstić information content (AvgIpc) is 3.37. The summed E-state index contributed by atoms with van der Waals surface area (Å²) in [5.74, 6) is -1.12. The molecular formula is C33H30FNO5. The van der Waals surface area contributed by atoms with Crippen LogP contribution in [0.3, 0.4) is 0 Å². The van der Waals surface area contributed by atoms with Gasteiger partial charge in [-0.05, 0) is 35.9 Å². The topological polar surface area (TPSA) is 72.9 Å². The van der Waals surface area contributed by atoms with Crippen LogP contribution >= 0.6 is 0 Å². The molecule has 0 bridgehead atoms. The number of halogens is 1. The lowest BCUT2D eigenvalue weighted by Gasteiger charge is -2.38. The number of nitrogens with zero attached hydrogens (tertiary/aromatic N) is 1. The van der Waals surface area contributed by atoms with E-state index in [1.165, 1.54) is 26.4 Å². The van der Waals surface area contributed by atoms with Gasteiger partial charge in [0, 0.05) is 33.7 Å². The van der Waals surface area contributed by atoms with Gasteiger partial charge in [-0.25, -0.2) is 4.39 Å². The van der Waals surface area contributed by atoms with Crippen LogP contribution in [0.4, 0.5) is 10.1 Å². The molecule has 1 spiro atoms. The van der Waals surface area contributed by atoms with E-state index < -0.39 is 34.6 Å². The summed E-state index contributed by atoms with van der Waals surface area (Å²) in [5, 5.41) is 0. The Morgan fingerprint density at radius 2 is 1.55 bits per heavy atom. The third-order valence-corrected chi connectivity index (χ3v) is 8.54. The van der Waals surface area contributed by atoms with Gasteiger partial charge in [-0.2, -0.15) is 0 Å². The number of hydrogen-bond acceptors (Lipinski definition) is 6. The second-order valence-corrected chi connectivity index (χ2v) is 11.6. The molecule has 6 nitrogen and oxygen atoms in total. The summed E-state index contributed by atoms with van der Waals surface area (Å²) in [6.45, 7) is 5.50. The Hall–Kier alpha value is -4.26. The molecule has 3 aromatic rings. The highest BCUT2D eigenvalue weighted by Gasteiger charge is 2.72. The zero-order valence-corrected chi connectivity index (χ0v) is 23.0. The summed E-state index contributed by atoms with van der Waals surface area (Å²) in [6.07, 6.45) is 3.54. The van der Waals surface area contributed by atoms with Crippen molar-refractivity contribution in [3.05, 3.63) is 94.8 Å². The SMILES string of the molecule is COc1ccc([C@H]2[C@H](C(=O)C(C)(C)C)N3c4ccc(F)cc4C=C[C@H]3C23C(=O)c2ccccc2C3=O)cc1OC. The van der Waals surface area contributed by atoms with Gasteiger partial charge in [0.05, 0.1) is 26.3 Å². The van der Waals surface area contributed by atoms with E-state index in [1.54, 1.807) is 60.7 Å². The molecule has 3 aromatic carbocycles. The van der Waals surface area contributed by atoms with Crippen molar-refractivity contribution in [3.8, 4) is 11.5 Å². The molecule has 7 heteroatoms. The first-order chi connectivity index (χ1) is 19.0. The van der Waals surface area contributed by atoms with Gasteiger partial charge in [0.15, 0.2) is 28.8 Å². The number of benzene rings is 3. The average molecular weight is 540 g/mol. The lowest BCUT2D eigenvalue weighted by Crippen LogP contribution is -2.49. The number of ketones is 3. The maximum atomic E-state index is 14.6. The van der Waals surface area contributed by atoms with Crippen LogP contribution < -0.4 is 14.4 Å². The first-order valence-electron chi connectivity index (χ1n) is 13.3. The van der Waals surface area contributed by atoms with Crippen molar-refractivity contribution in [2.75, 3.05) is 19.1 Å². The molecule has 0 unspecified atom stereocenters. The van der Waals surface area contributed by atoms with E-state index in [-0.39, 0.29) is 17.3 Å². The Labute approximate surface area is 232 Å². The fourth-order valence-electron chi connectivity index (χ4n) is 6.81. The minimum Gasteiger partial charge on any atom is -0.493 e. The van der Waals surface area contributed by atoms with Crippen molar-refractivity contribution in [2.45, 2.75) is 38.8 Å². The largest absolute Gasteiger partial charge is 0.493 e. The van der Waals surface area contributed by atoms with E-state index >= 15 is 0 Å². The lowest BCUT2D eigenvalue weighted by molar-refractivity contribution is -0.127. The molecule has 3 aliphatic rings. The van der Waals surface area contributed by atoms with Crippen molar-refractivity contribution < 1.29 is 28.2 Å². The quantitative estimate of drug-likeness (QED) is 0.385. The summed E-state index contributed by atoms with van der Waals surface area (Å²) < 4.78 is 25.4. The van der Waals surface area contributed by atoms with Crippen LogP contribution in [0.1, 0.15) is 58.5 Å². The molecule has 2 aliphatic heterocycles. The summed E-state index contributed by atoms with van der Waals surface area (Å²) in [7, 11) is 3.05. The highest BCUT2D eigenvalue weighted by Crippen LogP contribution is 2.61. The number of Topliss-reactive ketones (excluding diaryl/α,β-unsaturated/α-hetero) is 3. The van der Waals surface area contributed by atoms with E-state index in [0.29, 0.717) is 39.4 Å². The predicted molar refractivity (Wildman–Crippen MR) is 150 cm³/mol. The third kappa shape index (κ3) is 3.36. The molecule has 3 atom stereocenters. The number of carbonyl (C=O) groups excluding carboxylic acids is 3. The molecule has 204 valence electrons. The van der Waals surface area contributed by atoms with Crippen LogP contribution in [0.2, 0.25) is 0 Å². The first-order valence-corrected chi connectivity index (χ1v) is 13.3. The number of hydrogen-bond donors (Lipinski definition) is 0. The van der Waals surface area contributed by atoms with E-state index in [0.717, 1.165) is 0 Å². The van der Waals surface area contributed by atoms with Crippen LogP contribution in [0.5, 0.6) is 11.5 Å². The maximum Gasteiger partial charge on any atom is 0.180 e. The van der Waals surface area contributed by atoms with Crippen LogP contribution in [-0.4, -0.2) is 43.7 Å². The van der Waals surface area contributed by atoms with Crippen LogP contribution in [0.15, 0.2) is 66.7 Å². The van der Waals surface area contributed by atoms with Crippen molar-refractivity contribution in [2.24, 2.45) is 10.8 Å². The Kier molecular flexibility index (Phi) is 5.77. The molecule has 0 amide bonds. The standard InChI is InChI=1S/C33H30FNO5/c1-32(2,3)31(38)28-27(19-10-14-24(39-4)25(17-19)40-5)33(29(36)21-8-6-7-9-22(21)30(33)37)26-15-11-18-16-20(34)12-13-23(18)35(26)28/h6-17,26-28H,1-5H3/t26-,27-,28+/m0/s1. The molecule has 40 heavy (non-hydrogen) atoms. The fraction of sp³-hybridized carbons (Fsp3) is 0.303. The van der Waals surface area contributed by atoms with Gasteiger partial charge >= 0.3 is 0 Å². The Morgan fingerprint density at radius 3 is 2.15 bits per heavy atom. The molecule has 1 saturated heterocycles. The molecule has 1 fully saturated rings. The number of carbonyl (C=O) groups is 3. The van der Waals surface area contributed by atoms with Crippen molar-refractivity contribution in [1.29, 1.82) is 0 Å². The smallest absolute Gasteiger partial charge is 0.180 e. The van der Waals surface area contributed by atoms with Gasteiger partial charge in [-0.1, -0.05) is 63.3 Å². The fourth-order valence-corrected chi connectivity index (χ4v) is 6.81.